The molecule has 0 radical (unpaired) electrons. The van der Waals surface area contributed by atoms with E-state index in [0.717, 1.165) is 49.8 Å². The van der Waals surface area contributed by atoms with E-state index in [2.05, 4.69) is 10.1 Å². The van der Waals surface area contributed by atoms with Crippen LogP contribution in [0.5, 0.6) is 0 Å². The zero-order valence-electron chi connectivity index (χ0n) is 12.7. The Morgan fingerprint density at radius 3 is 2.55 bits per heavy atom. The number of nitrogens with zero attached hydrogens (tertiary/aromatic N) is 3. The maximum atomic E-state index is 12.2. The van der Waals surface area contributed by atoms with Crippen LogP contribution >= 0.6 is 11.8 Å². The van der Waals surface area contributed by atoms with Crippen molar-refractivity contribution >= 4 is 17.7 Å². The lowest BCUT2D eigenvalue weighted by Gasteiger charge is -2.31. The quantitative estimate of drug-likeness (QED) is 0.892. The molecule has 0 unspecified atom stereocenters. The van der Waals surface area contributed by atoms with Gasteiger partial charge in [0.2, 0.25) is 5.91 Å². The van der Waals surface area contributed by atoms with E-state index in [9.17, 15) is 9.59 Å². The molecule has 2 aliphatic carbocycles. The number of hydrogen-bond donors (Lipinski definition) is 1. The van der Waals surface area contributed by atoms with Gasteiger partial charge >= 0.3 is 5.69 Å². The van der Waals surface area contributed by atoms with Crippen LogP contribution < -0.4 is 5.69 Å². The summed E-state index contributed by atoms with van der Waals surface area (Å²) in [5, 5.41) is 5.20. The summed E-state index contributed by atoms with van der Waals surface area (Å²) in [4.78, 5) is 29.0. The van der Waals surface area contributed by atoms with E-state index >= 15 is 0 Å². The molecule has 0 atom stereocenters. The van der Waals surface area contributed by atoms with Crippen molar-refractivity contribution in [2.24, 2.45) is 0 Å². The summed E-state index contributed by atoms with van der Waals surface area (Å²) in [6.45, 7) is 1.49. The molecule has 22 heavy (non-hydrogen) atoms. The Bertz CT molecular complexity index is 609. The molecule has 1 aliphatic heterocycles. The van der Waals surface area contributed by atoms with Crippen molar-refractivity contribution in [1.82, 2.24) is 19.7 Å². The standard InChI is InChI=1S/C15H22N4O2S/c20-13(9-22-12-3-4-12)18-7-5-11(6-8-18)19-15(21)16-14(17-19)10-1-2-10/h10-12H,1-9H2,(H,16,17,21). The molecule has 1 N–H and O–H groups in total. The second-order valence-corrected chi connectivity index (χ2v) is 7.95. The maximum Gasteiger partial charge on any atom is 0.343 e. The molecule has 6 nitrogen and oxygen atoms in total. The number of nitrogens with one attached hydrogen (secondary N) is 1. The number of amides is 1. The number of hydrogen-bond acceptors (Lipinski definition) is 4. The zero-order chi connectivity index (χ0) is 15.1. The highest BCUT2D eigenvalue weighted by Gasteiger charge is 2.31. The van der Waals surface area contributed by atoms with Crippen molar-refractivity contribution in [1.29, 1.82) is 0 Å². The summed E-state index contributed by atoms with van der Waals surface area (Å²) in [7, 11) is 0. The molecule has 1 aromatic rings. The summed E-state index contributed by atoms with van der Waals surface area (Å²) in [5.41, 5.74) is -0.0871. The maximum absolute atomic E-state index is 12.2. The van der Waals surface area contributed by atoms with Gasteiger partial charge in [-0.25, -0.2) is 9.48 Å². The molecule has 120 valence electrons. The average Bonchev–Trinajstić information content (AvgIpc) is 3.44. The van der Waals surface area contributed by atoms with Crippen LogP contribution in [0.4, 0.5) is 0 Å². The molecule has 0 aromatic carbocycles. The Hall–Kier alpha value is -1.24. The van der Waals surface area contributed by atoms with Crippen LogP contribution in [0.3, 0.4) is 0 Å². The lowest BCUT2D eigenvalue weighted by atomic mass is 10.1. The number of aromatic amines is 1. The van der Waals surface area contributed by atoms with Crippen LogP contribution in [0.2, 0.25) is 0 Å². The zero-order valence-corrected chi connectivity index (χ0v) is 13.5. The molecule has 7 heteroatoms. The van der Waals surface area contributed by atoms with Crippen molar-refractivity contribution in [3.8, 4) is 0 Å². The molecule has 3 aliphatic rings. The predicted octanol–water partition coefficient (Wildman–Crippen LogP) is 1.51. The molecule has 2 saturated carbocycles. The van der Waals surface area contributed by atoms with E-state index in [1.165, 1.54) is 12.8 Å². The summed E-state index contributed by atoms with van der Waals surface area (Å²) >= 11 is 1.79. The van der Waals surface area contributed by atoms with Gasteiger partial charge in [-0.05, 0) is 38.5 Å². The van der Waals surface area contributed by atoms with Crippen LogP contribution in [0.1, 0.15) is 56.3 Å². The van der Waals surface area contributed by atoms with E-state index in [1.807, 2.05) is 4.90 Å². The summed E-state index contributed by atoms with van der Waals surface area (Å²) in [5.74, 6) is 2.19. The molecule has 2 heterocycles. The number of thioether (sulfide) groups is 1. The number of rotatable bonds is 5. The first kappa shape index (κ1) is 14.4. The molecular weight excluding hydrogens is 300 g/mol. The number of aromatic nitrogens is 3. The molecule has 1 aromatic heterocycles. The Kier molecular flexibility index (Phi) is 3.76. The monoisotopic (exact) mass is 322 g/mol. The molecule has 0 spiro atoms. The Labute approximate surface area is 133 Å². The van der Waals surface area contributed by atoms with E-state index in [-0.39, 0.29) is 17.6 Å². The number of likely N-dealkylation sites (tertiary alicyclic amines) is 1. The molecule has 4 rings (SSSR count). The van der Waals surface area contributed by atoms with E-state index < -0.39 is 0 Å². The second-order valence-electron chi connectivity index (χ2n) is 6.66. The van der Waals surface area contributed by atoms with Gasteiger partial charge in [0, 0.05) is 24.3 Å². The third-order valence-corrected chi connectivity index (χ3v) is 6.11. The van der Waals surface area contributed by atoms with Gasteiger partial charge in [0.15, 0.2) is 0 Å². The summed E-state index contributed by atoms with van der Waals surface area (Å²) in [6, 6.07) is 0.136. The van der Waals surface area contributed by atoms with Crippen LogP contribution in [0.25, 0.3) is 0 Å². The number of carbonyl (C=O) groups excluding carboxylic acids is 1. The van der Waals surface area contributed by atoms with Crippen molar-refractivity contribution in [2.45, 2.75) is 55.7 Å². The fourth-order valence-corrected chi connectivity index (χ4v) is 4.05. The minimum Gasteiger partial charge on any atom is -0.342 e. The highest BCUT2D eigenvalue weighted by Crippen LogP contribution is 2.37. The fraction of sp³-hybridized carbons (Fsp3) is 0.800. The van der Waals surface area contributed by atoms with Gasteiger partial charge in [0.1, 0.15) is 5.82 Å². The van der Waals surface area contributed by atoms with Gasteiger partial charge in [-0.15, -0.1) is 11.8 Å². The predicted molar refractivity (Wildman–Crippen MR) is 85.2 cm³/mol. The third kappa shape index (κ3) is 3.09. The van der Waals surface area contributed by atoms with Crippen LogP contribution in [-0.4, -0.2) is 49.7 Å². The van der Waals surface area contributed by atoms with E-state index in [4.69, 9.17) is 0 Å². The highest BCUT2D eigenvalue weighted by atomic mass is 32.2. The topological polar surface area (TPSA) is 71.0 Å². The third-order valence-electron chi connectivity index (χ3n) is 4.75. The van der Waals surface area contributed by atoms with Crippen LogP contribution in [0.15, 0.2) is 4.79 Å². The van der Waals surface area contributed by atoms with Gasteiger partial charge in [-0.2, -0.15) is 5.10 Å². The first-order valence-electron chi connectivity index (χ1n) is 8.29. The fourth-order valence-electron chi connectivity index (χ4n) is 3.02. The van der Waals surface area contributed by atoms with E-state index in [0.29, 0.717) is 11.7 Å². The molecule has 1 saturated heterocycles. The van der Waals surface area contributed by atoms with Gasteiger partial charge < -0.3 is 4.90 Å². The molecule has 3 fully saturated rings. The Balaban J connectivity index is 1.32. The van der Waals surface area contributed by atoms with Crippen molar-refractivity contribution < 1.29 is 4.79 Å². The normalized spacial score (nSPS) is 23.0. The van der Waals surface area contributed by atoms with Gasteiger partial charge in [-0.1, -0.05) is 0 Å². The first-order chi connectivity index (χ1) is 10.7. The molecule has 1 amide bonds. The van der Waals surface area contributed by atoms with Crippen molar-refractivity contribution in [3.05, 3.63) is 16.3 Å². The van der Waals surface area contributed by atoms with Crippen molar-refractivity contribution in [3.63, 3.8) is 0 Å². The number of piperidine rings is 1. The average molecular weight is 322 g/mol. The second kappa shape index (κ2) is 5.76. The minimum absolute atomic E-state index is 0.0871. The highest BCUT2D eigenvalue weighted by molar-refractivity contribution is 8.00. The Morgan fingerprint density at radius 2 is 1.91 bits per heavy atom. The van der Waals surface area contributed by atoms with E-state index in [1.54, 1.807) is 16.4 Å². The lowest BCUT2D eigenvalue weighted by molar-refractivity contribution is -0.129. The molecule has 0 bridgehead atoms. The number of H-pyrrole nitrogens is 1. The van der Waals surface area contributed by atoms with Crippen molar-refractivity contribution in [2.75, 3.05) is 18.8 Å². The van der Waals surface area contributed by atoms with Gasteiger partial charge in [0.05, 0.1) is 11.8 Å². The SMILES string of the molecule is O=C(CSC1CC1)N1CCC(n2nc(C3CC3)[nH]c2=O)CC1. The van der Waals surface area contributed by atoms with Gasteiger partial charge in [0.25, 0.3) is 0 Å². The van der Waals surface area contributed by atoms with Crippen LogP contribution in [-0.2, 0) is 4.79 Å². The lowest BCUT2D eigenvalue weighted by Crippen LogP contribution is -2.41. The largest absolute Gasteiger partial charge is 0.343 e. The van der Waals surface area contributed by atoms with Crippen LogP contribution in [0, 0.1) is 0 Å². The summed E-state index contributed by atoms with van der Waals surface area (Å²) in [6.07, 6.45) is 6.47. The summed E-state index contributed by atoms with van der Waals surface area (Å²) < 4.78 is 1.62. The smallest absolute Gasteiger partial charge is 0.342 e. The first-order valence-corrected chi connectivity index (χ1v) is 9.33. The Morgan fingerprint density at radius 1 is 1.18 bits per heavy atom. The minimum atomic E-state index is -0.0871. The van der Waals surface area contributed by atoms with Gasteiger partial charge in [-0.3, -0.25) is 9.78 Å². The number of carbonyl (C=O) groups is 1. The molecular formula is C15H22N4O2S.